The van der Waals surface area contributed by atoms with E-state index in [1.54, 1.807) is 7.11 Å². The van der Waals surface area contributed by atoms with Crippen LogP contribution >= 0.6 is 12.4 Å². The lowest BCUT2D eigenvalue weighted by molar-refractivity contribution is -0.162. The average molecular weight is 577 g/mol. The number of unbranched alkanes of at least 4 members (excludes halogenated alkanes) is 1. The van der Waals surface area contributed by atoms with Gasteiger partial charge >= 0.3 is 0 Å². The minimum Gasteiger partial charge on any atom is -0.385 e. The normalized spacial score (nSPS) is 21.6. The number of carbonyl (C=O) groups is 3. The van der Waals surface area contributed by atoms with Crippen LogP contribution in [0.2, 0.25) is 0 Å². The van der Waals surface area contributed by atoms with Crippen LogP contribution in [-0.4, -0.2) is 79.0 Å². The van der Waals surface area contributed by atoms with Gasteiger partial charge in [-0.2, -0.15) is 0 Å². The summed E-state index contributed by atoms with van der Waals surface area (Å²) < 4.78 is 5.02. The number of piperidine rings is 1. The Labute approximate surface area is 246 Å². The number of hydrogen-bond acceptors (Lipinski definition) is 5. The summed E-state index contributed by atoms with van der Waals surface area (Å²) >= 11 is 0. The van der Waals surface area contributed by atoms with Crippen molar-refractivity contribution in [1.29, 1.82) is 0 Å². The van der Waals surface area contributed by atoms with Crippen LogP contribution in [0.4, 0.5) is 0 Å². The zero-order valence-corrected chi connectivity index (χ0v) is 25.2. The number of benzene rings is 1. The summed E-state index contributed by atoms with van der Waals surface area (Å²) in [6, 6.07) is 7.40. The molecule has 1 aromatic rings. The molecule has 4 rings (SSSR count). The van der Waals surface area contributed by atoms with Gasteiger partial charge in [0.1, 0.15) is 11.6 Å². The quantitative estimate of drug-likeness (QED) is 0.362. The van der Waals surface area contributed by atoms with E-state index in [-0.39, 0.29) is 36.2 Å². The summed E-state index contributed by atoms with van der Waals surface area (Å²) in [6.07, 6.45) is 10.9. The van der Waals surface area contributed by atoms with Gasteiger partial charge in [-0.1, -0.05) is 57.6 Å². The van der Waals surface area contributed by atoms with Crippen LogP contribution in [0.25, 0.3) is 0 Å². The van der Waals surface area contributed by atoms with Crippen molar-refractivity contribution in [3.05, 3.63) is 35.4 Å². The molecule has 0 aromatic heterocycles. The largest absolute Gasteiger partial charge is 0.385 e. The van der Waals surface area contributed by atoms with Crippen molar-refractivity contribution in [3.63, 3.8) is 0 Å². The summed E-state index contributed by atoms with van der Waals surface area (Å²) in [4.78, 5) is 44.1. The van der Waals surface area contributed by atoms with Crippen molar-refractivity contribution < 1.29 is 19.1 Å². The maximum absolute atomic E-state index is 13.7. The third-order valence-corrected chi connectivity index (χ3v) is 8.95. The summed E-state index contributed by atoms with van der Waals surface area (Å²) in [6.45, 7) is 6.32. The van der Waals surface area contributed by atoms with Gasteiger partial charge in [0.25, 0.3) is 5.91 Å². The van der Waals surface area contributed by atoms with Crippen LogP contribution in [-0.2, 0) is 20.9 Å². The van der Waals surface area contributed by atoms with Gasteiger partial charge < -0.3 is 20.3 Å². The van der Waals surface area contributed by atoms with Crippen LogP contribution in [0.3, 0.4) is 0 Å². The minimum atomic E-state index is -0.726. The Hall–Kier alpha value is -2.16. The van der Waals surface area contributed by atoms with E-state index in [9.17, 15) is 14.4 Å². The van der Waals surface area contributed by atoms with E-state index in [0.29, 0.717) is 44.0 Å². The molecule has 3 fully saturated rings. The van der Waals surface area contributed by atoms with Crippen LogP contribution in [0.15, 0.2) is 24.3 Å². The van der Waals surface area contributed by atoms with Crippen molar-refractivity contribution in [2.45, 2.75) is 95.7 Å². The fourth-order valence-electron chi connectivity index (χ4n) is 6.55. The molecule has 3 amide bonds. The van der Waals surface area contributed by atoms with Gasteiger partial charge in [-0.3, -0.25) is 19.3 Å². The molecular weight excluding hydrogens is 528 g/mol. The maximum Gasteiger partial charge on any atom is 0.251 e. The Morgan fingerprint density at radius 3 is 2.42 bits per heavy atom. The molecule has 0 bridgehead atoms. The van der Waals surface area contributed by atoms with Gasteiger partial charge in [0, 0.05) is 52.0 Å². The second-order valence-corrected chi connectivity index (χ2v) is 11.7. The van der Waals surface area contributed by atoms with Crippen molar-refractivity contribution in [2.75, 3.05) is 39.9 Å². The molecule has 1 atom stereocenters. The summed E-state index contributed by atoms with van der Waals surface area (Å²) in [7, 11) is 1.66. The van der Waals surface area contributed by atoms with E-state index < -0.39 is 5.54 Å². The molecule has 2 N–H and O–H groups in total. The van der Waals surface area contributed by atoms with Gasteiger partial charge in [0.2, 0.25) is 11.8 Å². The van der Waals surface area contributed by atoms with Crippen molar-refractivity contribution in [2.24, 2.45) is 5.92 Å². The summed E-state index contributed by atoms with van der Waals surface area (Å²) in [5.74, 6) is 0.669. The number of hydrogen-bond donors (Lipinski definition) is 2. The maximum atomic E-state index is 13.7. The second-order valence-electron chi connectivity index (χ2n) is 11.7. The number of nitrogens with zero attached hydrogens (tertiary/aromatic N) is 2. The molecule has 1 spiro atoms. The molecule has 1 aliphatic carbocycles. The second kappa shape index (κ2) is 15.7. The van der Waals surface area contributed by atoms with E-state index in [0.717, 1.165) is 50.9 Å². The first-order valence-electron chi connectivity index (χ1n) is 15.2. The van der Waals surface area contributed by atoms with E-state index in [1.807, 2.05) is 29.2 Å². The fourth-order valence-corrected chi connectivity index (χ4v) is 6.55. The predicted molar refractivity (Wildman–Crippen MR) is 160 cm³/mol. The zero-order valence-electron chi connectivity index (χ0n) is 24.4. The van der Waals surface area contributed by atoms with Crippen LogP contribution in [0.1, 0.15) is 93.5 Å². The number of rotatable bonds is 12. The Morgan fingerprint density at radius 2 is 1.77 bits per heavy atom. The van der Waals surface area contributed by atoms with Gasteiger partial charge in [-0.25, -0.2) is 0 Å². The number of methoxy groups -OCH3 is 1. The molecule has 3 aliphatic rings. The standard InChI is InChI=1S/C31H48N4O4.ClH/c1-3-4-18-35-29(37)27(22-24-9-6-5-7-10-24)33-30(38)31(35)15-19-34(20-16-31)23-25-11-13-26(14-12-25)28(36)32-17-8-21-39-2;/h11-14,24,27H,3-10,15-23H2,1-2H3,(H,32,36)(H,33,38);1H/t27-;/m0./s1. The van der Waals surface area contributed by atoms with Crippen LogP contribution in [0.5, 0.6) is 0 Å². The lowest BCUT2D eigenvalue weighted by atomic mass is 9.79. The Morgan fingerprint density at radius 1 is 1.07 bits per heavy atom. The average Bonchev–Trinajstić information content (AvgIpc) is 2.96. The molecule has 9 heteroatoms. The predicted octanol–water partition coefficient (Wildman–Crippen LogP) is 4.31. The summed E-state index contributed by atoms with van der Waals surface area (Å²) in [5, 5.41) is 6.11. The Balaban J connectivity index is 0.00000441. The minimum absolute atomic E-state index is 0. The molecule has 0 unspecified atom stereocenters. The lowest BCUT2D eigenvalue weighted by Gasteiger charge is -2.52. The van der Waals surface area contributed by atoms with E-state index >= 15 is 0 Å². The molecule has 2 aliphatic heterocycles. The first kappa shape index (κ1) is 32.4. The molecule has 2 heterocycles. The highest BCUT2D eigenvalue weighted by molar-refractivity contribution is 6.00. The van der Waals surface area contributed by atoms with E-state index in [2.05, 4.69) is 22.5 Å². The number of likely N-dealkylation sites (tertiary alicyclic amines) is 1. The van der Waals surface area contributed by atoms with Crippen molar-refractivity contribution in [1.82, 2.24) is 20.4 Å². The molecule has 40 heavy (non-hydrogen) atoms. The van der Waals surface area contributed by atoms with Gasteiger partial charge in [-0.05, 0) is 55.7 Å². The Bertz CT molecular complexity index is 959. The number of carbonyl (C=O) groups excluding carboxylic acids is 3. The summed E-state index contributed by atoms with van der Waals surface area (Å²) in [5.41, 5.74) is 1.07. The van der Waals surface area contributed by atoms with Crippen LogP contribution < -0.4 is 10.6 Å². The lowest BCUT2D eigenvalue weighted by Crippen LogP contribution is -2.73. The number of halogens is 1. The SMILES string of the molecule is CCCCN1C(=O)[C@H](CC2CCCCC2)NC(=O)C12CCN(Cc1ccc(C(=O)NCCCOC)cc1)CC2.Cl. The highest BCUT2D eigenvalue weighted by Gasteiger charge is 2.53. The molecule has 1 saturated carbocycles. The smallest absolute Gasteiger partial charge is 0.251 e. The zero-order chi connectivity index (χ0) is 27.7. The number of piperazine rings is 1. The number of nitrogens with one attached hydrogen (secondary N) is 2. The highest BCUT2D eigenvalue weighted by Crippen LogP contribution is 2.36. The van der Waals surface area contributed by atoms with Gasteiger partial charge in [-0.15, -0.1) is 12.4 Å². The van der Waals surface area contributed by atoms with Gasteiger partial charge in [0.15, 0.2) is 0 Å². The fraction of sp³-hybridized carbons (Fsp3) is 0.710. The number of amides is 3. The monoisotopic (exact) mass is 576 g/mol. The molecule has 0 radical (unpaired) electrons. The topological polar surface area (TPSA) is 91.0 Å². The molecule has 8 nitrogen and oxygen atoms in total. The Kier molecular flexibility index (Phi) is 12.7. The third-order valence-electron chi connectivity index (χ3n) is 8.95. The van der Waals surface area contributed by atoms with Crippen molar-refractivity contribution >= 4 is 30.1 Å². The molecule has 224 valence electrons. The van der Waals surface area contributed by atoms with E-state index in [1.165, 1.54) is 32.1 Å². The molecule has 2 saturated heterocycles. The first-order chi connectivity index (χ1) is 19.0. The molecule has 1 aromatic carbocycles. The van der Waals surface area contributed by atoms with Crippen molar-refractivity contribution in [3.8, 4) is 0 Å². The van der Waals surface area contributed by atoms with Gasteiger partial charge in [0.05, 0.1) is 0 Å². The highest BCUT2D eigenvalue weighted by atomic mass is 35.5. The third kappa shape index (κ3) is 7.98. The number of ether oxygens (including phenoxy) is 1. The molecular formula is C31H49ClN4O4. The first-order valence-corrected chi connectivity index (χ1v) is 15.2. The van der Waals surface area contributed by atoms with Crippen LogP contribution in [0, 0.1) is 5.92 Å². The van der Waals surface area contributed by atoms with E-state index in [4.69, 9.17) is 4.74 Å².